The van der Waals surface area contributed by atoms with E-state index >= 15 is 0 Å². The van der Waals surface area contributed by atoms with Crippen molar-refractivity contribution in [3.05, 3.63) is 101 Å². The summed E-state index contributed by atoms with van der Waals surface area (Å²) in [6, 6.07) is 12.9. The molecule has 0 radical (unpaired) electrons. The molecule has 9 nitrogen and oxygen atoms in total. The molecule has 3 N–H and O–H groups in total. The lowest BCUT2D eigenvalue weighted by Gasteiger charge is -2.16. The Morgan fingerprint density at radius 1 is 1.12 bits per heavy atom. The number of hydrogen-bond acceptors (Lipinski definition) is 7. The molecule has 0 fully saturated rings. The Labute approximate surface area is 241 Å². The van der Waals surface area contributed by atoms with Gasteiger partial charge in [0.25, 0.3) is 5.91 Å². The number of aromatic nitrogens is 3. The molecule has 0 unspecified atom stereocenters. The molecular formula is C32H31FN4O5. The van der Waals surface area contributed by atoms with Crippen LogP contribution < -0.4 is 5.32 Å². The van der Waals surface area contributed by atoms with Crippen LogP contribution in [0.5, 0.6) is 5.88 Å². The van der Waals surface area contributed by atoms with Crippen LogP contribution in [-0.2, 0) is 24.1 Å². The number of halogens is 1. The molecule has 0 bridgehead atoms. The van der Waals surface area contributed by atoms with E-state index in [0.717, 1.165) is 5.56 Å². The number of amides is 1. The second kappa shape index (κ2) is 12.3. The first kappa shape index (κ1) is 28.5. The quantitative estimate of drug-likeness (QED) is 0.174. The number of pyridine rings is 2. The highest BCUT2D eigenvalue weighted by atomic mass is 19.1. The van der Waals surface area contributed by atoms with Gasteiger partial charge in [-0.1, -0.05) is 32.0 Å². The van der Waals surface area contributed by atoms with E-state index in [1.54, 1.807) is 43.3 Å². The van der Waals surface area contributed by atoms with E-state index in [0.29, 0.717) is 52.0 Å². The van der Waals surface area contributed by atoms with Crippen LogP contribution in [0.25, 0.3) is 22.0 Å². The summed E-state index contributed by atoms with van der Waals surface area (Å²) in [7, 11) is 0. The molecule has 4 heterocycles. The molecule has 216 valence electrons. The summed E-state index contributed by atoms with van der Waals surface area (Å²) in [5.41, 5.74) is 3.87. The van der Waals surface area contributed by atoms with Gasteiger partial charge in [0.05, 0.1) is 41.6 Å². The average molecular weight is 571 g/mol. The molecule has 4 aromatic heterocycles. The van der Waals surface area contributed by atoms with Crippen LogP contribution in [-0.4, -0.2) is 38.5 Å². The van der Waals surface area contributed by atoms with Gasteiger partial charge in [-0.25, -0.2) is 14.2 Å². The Bertz CT molecular complexity index is 1710. The van der Waals surface area contributed by atoms with Gasteiger partial charge in [0.2, 0.25) is 0 Å². The second-order valence-electron chi connectivity index (χ2n) is 10.1. The lowest BCUT2D eigenvalue weighted by molar-refractivity contribution is 0.0525. The van der Waals surface area contributed by atoms with Crippen molar-refractivity contribution >= 4 is 22.8 Å². The SMILES string of the molecule is CCOC(=O)c1c(CCc2ccc(F)cc2)nc2c(C(C)C)[nH]c(O)c2c1-c1ccc(C(=O)NCc2ccco2)nc1. The monoisotopic (exact) mass is 570 g/mol. The molecule has 0 aliphatic carbocycles. The van der Waals surface area contributed by atoms with Crippen molar-refractivity contribution in [1.82, 2.24) is 20.3 Å². The number of furan rings is 1. The first-order chi connectivity index (χ1) is 20.3. The molecule has 1 amide bonds. The Morgan fingerprint density at radius 3 is 2.55 bits per heavy atom. The van der Waals surface area contributed by atoms with E-state index < -0.39 is 11.9 Å². The fourth-order valence-electron chi connectivity index (χ4n) is 4.88. The third-order valence-corrected chi connectivity index (χ3v) is 6.93. The molecular weight excluding hydrogens is 539 g/mol. The Hall–Kier alpha value is -4.99. The van der Waals surface area contributed by atoms with Gasteiger partial charge in [-0.05, 0) is 61.6 Å². The average Bonchev–Trinajstić information content (AvgIpc) is 3.63. The Kier molecular flexibility index (Phi) is 8.33. The number of esters is 1. The van der Waals surface area contributed by atoms with Crippen molar-refractivity contribution in [2.24, 2.45) is 0 Å². The molecule has 0 saturated heterocycles. The summed E-state index contributed by atoms with van der Waals surface area (Å²) < 4.78 is 24.2. The summed E-state index contributed by atoms with van der Waals surface area (Å²) in [5.74, 6) is -0.853. The summed E-state index contributed by atoms with van der Waals surface area (Å²) in [6.45, 7) is 6.00. The molecule has 0 aliphatic rings. The zero-order chi connectivity index (χ0) is 29.8. The van der Waals surface area contributed by atoms with Gasteiger partial charge in [-0.2, -0.15) is 0 Å². The summed E-state index contributed by atoms with van der Waals surface area (Å²) >= 11 is 0. The van der Waals surface area contributed by atoms with Crippen molar-refractivity contribution in [1.29, 1.82) is 0 Å². The summed E-state index contributed by atoms with van der Waals surface area (Å²) in [6.07, 6.45) is 3.86. The zero-order valence-corrected chi connectivity index (χ0v) is 23.5. The van der Waals surface area contributed by atoms with E-state index in [2.05, 4.69) is 15.3 Å². The number of hydrogen-bond donors (Lipinski definition) is 3. The largest absolute Gasteiger partial charge is 0.494 e. The first-order valence-corrected chi connectivity index (χ1v) is 13.7. The summed E-state index contributed by atoms with van der Waals surface area (Å²) in [4.78, 5) is 38.5. The number of aryl methyl sites for hydroxylation is 2. The molecule has 10 heteroatoms. The van der Waals surface area contributed by atoms with Crippen LogP contribution in [0, 0.1) is 5.82 Å². The molecule has 0 atom stereocenters. The third kappa shape index (κ3) is 5.88. The number of fused-ring (bicyclic) bond motifs is 1. The van der Waals surface area contributed by atoms with Crippen LogP contribution in [0.2, 0.25) is 0 Å². The lowest BCUT2D eigenvalue weighted by Crippen LogP contribution is -2.23. The van der Waals surface area contributed by atoms with Gasteiger partial charge in [0.15, 0.2) is 5.88 Å². The Morgan fingerprint density at radius 2 is 1.90 bits per heavy atom. The van der Waals surface area contributed by atoms with Gasteiger partial charge in [-0.3, -0.25) is 9.78 Å². The number of carbonyl (C=O) groups is 2. The van der Waals surface area contributed by atoms with Gasteiger partial charge in [0, 0.05) is 23.0 Å². The lowest BCUT2D eigenvalue weighted by atomic mass is 9.93. The molecule has 42 heavy (non-hydrogen) atoms. The standard InChI is InChI=1S/C32H31FN4O5/c1-4-41-32(40)26-23(13-9-19-7-11-21(33)12-8-19)36-29-27(31(39)37-28(29)18(2)3)25(26)20-10-14-24(34-16-20)30(38)35-17-22-6-5-15-42-22/h5-8,10-12,14-16,18,37,39H,4,9,13,17H2,1-3H3,(H,35,38). The van der Waals surface area contributed by atoms with E-state index in [1.165, 1.54) is 24.6 Å². The fourth-order valence-corrected chi connectivity index (χ4v) is 4.88. The van der Waals surface area contributed by atoms with E-state index in [9.17, 15) is 19.1 Å². The van der Waals surface area contributed by atoms with Crippen LogP contribution in [0.4, 0.5) is 4.39 Å². The zero-order valence-electron chi connectivity index (χ0n) is 23.5. The maximum absolute atomic E-state index is 13.5. The van der Waals surface area contributed by atoms with Crippen LogP contribution >= 0.6 is 0 Å². The minimum atomic E-state index is -0.594. The van der Waals surface area contributed by atoms with Gasteiger partial charge in [0.1, 0.15) is 17.3 Å². The van der Waals surface area contributed by atoms with Crippen LogP contribution in [0.3, 0.4) is 0 Å². The summed E-state index contributed by atoms with van der Waals surface area (Å²) in [5, 5.41) is 14.2. The number of H-pyrrole nitrogens is 1. The van der Waals surface area contributed by atoms with E-state index in [1.807, 2.05) is 13.8 Å². The molecule has 5 aromatic rings. The predicted molar refractivity (Wildman–Crippen MR) is 155 cm³/mol. The number of rotatable bonds is 10. The third-order valence-electron chi connectivity index (χ3n) is 6.93. The van der Waals surface area contributed by atoms with Gasteiger partial charge >= 0.3 is 5.97 Å². The van der Waals surface area contributed by atoms with E-state index in [4.69, 9.17) is 14.1 Å². The number of nitrogens with zero attached hydrogens (tertiary/aromatic N) is 2. The van der Waals surface area contributed by atoms with E-state index in [-0.39, 0.29) is 42.0 Å². The van der Waals surface area contributed by atoms with Crippen molar-refractivity contribution < 1.29 is 28.2 Å². The van der Waals surface area contributed by atoms with Crippen molar-refractivity contribution in [2.75, 3.05) is 6.61 Å². The molecule has 0 saturated carbocycles. The number of benzene rings is 1. The van der Waals surface area contributed by atoms with Crippen LogP contribution in [0.1, 0.15) is 70.2 Å². The number of aromatic amines is 1. The maximum atomic E-state index is 13.5. The minimum Gasteiger partial charge on any atom is -0.494 e. The second-order valence-corrected chi connectivity index (χ2v) is 10.1. The minimum absolute atomic E-state index is 0.00880. The predicted octanol–water partition coefficient (Wildman–Crippen LogP) is 6.08. The highest BCUT2D eigenvalue weighted by molar-refractivity contribution is 6.10. The fraction of sp³-hybridized carbons (Fsp3) is 0.250. The number of aromatic hydroxyl groups is 1. The molecule has 0 aliphatic heterocycles. The number of carbonyl (C=O) groups excluding carboxylic acids is 2. The normalized spacial score (nSPS) is 11.3. The van der Waals surface area contributed by atoms with Crippen molar-refractivity contribution in [2.45, 2.75) is 46.1 Å². The van der Waals surface area contributed by atoms with Crippen LogP contribution in [0.15, 0.2) is 65.4 Å². The highest BCUT2D eigenvalue weighted by Crippen LogP contribution is 2.41. The van der Waals surface area contributed by atoms with Crippen molar-refractivity contribution in [3.63, 3.8) is 0 Å². The smallest absolute Gasteiger partial charge is 0.340 e. The highest BCUT2D eigenvalue weighted by Gasteiger charge is 2.28. The number of nitrogens with one attached hydrogen (secondary N) is 2. The molecule has 5 rings (SSSR count). The first-order valence-electron chi connectivity index (χ1n) is 13.7. The number of ether oxygens (including phenoxy) is 1. The molecule has 1 aromatic carbocycles. The molecule has 0 spiro atoms. The van der Waals surface area contributed by atoms with Gasteiger partial charge < -0.3 is 24.6 Å². The topological polar surface area (TPSA) is 130 Å². The van der Waals surface area contributed by atoms with Gasteiger partial charge in [-0.15, -0.1) is 0 Å². The maximum Gasteiger partial charge on any atom is 0.340 e. The van der Waals surface area contributed by atoms with Crippen molar-refractivity contribution in [3.8, 4) is 17.0 Å². The Balaban J connectivity index is 1.61.